The second-order valence-electron chi connectivity index (χ2n) is 3.99. The van der Waals surface area contributed by atoms with Gasteiger partial charge >= 0.3 is 0 Å². The molecule has 2 N–H and O–H groups in total. The maximum Gasteiger partial charge on any atom is 0.144 e. The SMILES string of the molecule is COc1ccc(C)cc1N=C(N)C1CC1. The van der Waals surface area contributed by atoms with E-state index in [2.05, 4.69) is 4.99 Å². The first-order chi connectivity index (χ1) is 7.20. The zero-order valence-electron chi connectivity index (χ0n) is 9.16. The summed E-state index contributed by atoms with van der Waals surface area (Å²) in [5, 5.41) is 0. The summed E-state index contributed by atoms with van der Waals surface area (Å²) in [6, 6.07) is 5.92. The number of nitrogens with two attached hydrogens (primary N) is 1. The largest absolute Gasteiger partial charge is 0.494 e. The molecule has 1 aromatic rings. The van der Waals surface area contributed by atoms with Gasteiger partial charge in [-0.15, -0.1) is 0 Å². The maximum absolute atomic E-state index is 5.88. The topological polar surface area (TPSA) is 47.6 Å². The third kappa shape index (κ3) is 2.29. The monoisotopic (exact) mass is 204 g/mol. The lowest BCUT2D eigenvalue weighted by atomic mass is 10.2. The van der Waals surface area contributed by atoms with E-state index >= 15 is 0 Å². The molecule has 1 fully saturated rings. The third-order valence-electron chi connectivity index (χ3n) is 2.58. The summed E-state index contributed by atoms with van der Waals surface area (Å²) in [6.45, 7) is 2.03. The summed E-state index contributed by atoms with van der Waals surface area (Å²) in [7, 11) is 1.65. The second-order valence-corrected chi connectivity index (χ2v) is 3.99. The lowest BCUT2D eigenvalue weighted by Gasteiger charge is -2.06. The molecule has 0 bridgehead atoms. The fourth-order valence-corrected chi connectivity index (χ4v) is 1.50. The van der Waals surface area contributed by atoms with Crippen LogP contribution in [-0.2, 0) is 0 Å². The number of aryl methyl sites for hydroxylation is 1. The number of aliphatic imine (C=N–C) groups is 1. The Morgan fingerprint density at radius 3 is 2.80 bits per heavy atom. The molecule has 1 saturated carbocycles. The number of methoxy groups -OCH3 is 1. The molecule has 0 amide bonds. The van der Waals surface area contributed by atoms with Crippen LogP contribution < -0.4 is 10.5 Å². The van der Waals surface area contributed by atoms with E-state index in [1.165, 1.54) is 12.8 Å². The van der Waals surface area contributed by atoms with Gasteiger partial charge in [0.1, 0.15) is 17.3 Å². The average molecular weight is 204 g/mol. The van der Waals surface area contributed by atoms with Gasteiger partial charge in [-0.05, 0) is 37.5 Å². The molecule has 0 aromatic heterocycles. The van der Waals surface area contributed by atoms with Gasteiger partial charge < -0.3 is 10.5 Å². The van der Waals surface area contributed by atoms with Crippen LogP contribution >= 0.6 is 0 Å². The molecule has 0 saturated heterocycles. The highest BCUT2D eigenvalue weighted by Crippen LogP contribution is 2.33. The predicted molar refractivity (Wildman–Crippen MR) is 61.7 cm³/mol. The number of hydrogen-bond acceptors (Lipinski definition) is 2. The smallest absolute Gasteiger partial charge is 0.144 e. The van der Waals surface area contributed by atoms with Crippen LogP contribution in [-0.4, -0.2) is 12.9 Å². The molecule has 0 spiro atoms. The van der Waals surface area contributed by atoms with Crippen LogP contribution in [0.4, 0.5) is 5.69 Å². The third-order valence-corrected chi connectivity index (χ3v) is 2.58. The van der Waals surface area contributed by atoms with Crippen molar-refractivity contribution in [3.63, 3.8) is 0 Å². The van der Waals surface area contributed by atoms with Gasteiger partial charge in [-0.25, -0.2) is 4.99 Å². The van der Waals surface area contributed by atoms with Crippen LogP contribution in [0.15, 0.2) is 23.2 Å². The van der Waals surface area contributed by atoms with E-state index in [4.69, 9.17) is 10.5 Å². The Kier molecular flexibility index (Phi) is 2.62. The molecule has 1 aliphatic carbocycles. The van der Waals surface area contributed by atoms with E-state index < -0.39 is 0 Å². The standard InChI is InChI=1S/C12H16N2O/c1-8-3-6-11(15-2)10(7-8)14-12(13)9-4-5-9/h3,6-7,9H,4-5H2,1-2H3,(H2,13,14). The first-order valence-electron chi connectivity index (χ1n) is 5.19. The minimum absolute atomic E-state index is 0.496. The van der Waals surface area contributed by atoms with E-state index in [-0.39, 0.29) is 0 Å². The van der Waals surface area contributed by atoms with Crippen LogP contribution in [0.5, 0.6) is 5.75 Å². The van der Waals surface area contributed by atoms with Crippen LogP contribution in [0.1, 0.15) is 18.4 Å². The number of benzene rings is 1. The molecule has 0 heterocycles. The minimum Gasteiger partial charge on any atom is -0.494 e. The zero-order chi connectivity index (χ0) is 10.8. The summed E-state index contributed by atoms with van der Waals surface area (Å²) in [4.78, 5) is 4.42. The quantitative estimate of drug-likeness (QED) is 0.607. The van der Waals surface area contributed by atoms with Gasteiger partial charge in [0.05, 0.1) is 7.11 Å². The number of hydrogen-bond donors (Lipinski definition) is 1. The molecule has 1 aromatic carbocycles. The van der Waals surface area contributed by atoms with Crippen molar-refractivity contribution in [3.8, 4) is 5.75 Å². The van der Waals surface area contributed by atoms with Crippen molar-refractivity contribution in [3.05, 3.63) is 23.8 Å². The minimum atomic E-state index is 0.496. The summed E-state index contributed by atoms with van der Waals surface area (Å²) in [5.41, 5.74) is 7.88. The molecule has 1 aliphatic rings. The molecule has 3 nitrogen and oxygen atoms in total. The Labute approximate surface area is 90.0 Å². The maximum atomic E-state index is 5.88. The van der Waals surface area contributed by atoms with Crippen LogP contribution in [0.25, 0.3) is 0 Å². The Morgan fingerprint density at radius 1 is 1.47 bits per heavy atom. The number of nitrogens with zero attached hydrogens (tertiary/aromatic N) is 1. The van der Waals surface area contributed by atoms with E-state index in [0.717, 1.165) is 22.8 Å². The van der Waals surface area contributed by atoms with Crippen molar-refractivity contribution in [1.29, 1.82) is 0 Å². The van der Waals surface area contributed by atoms with Gasteiger partial charge in [0, 0.05) is 5.92 Å². The van der Waals surface area contributed by atoms with Crippen molar-refractivity contribution in [1.82, 2.24) is 0 Å². The highest BCUT2D eigenvalue weighted by Gasteiger charge is 2.25. The van der Waals surface area contributed by atoms with Crippen molar-refractivity contribution < 1.29 is 4.74 Å². The van der Waals surface area contributed by atoms with Crippen molar-refractivity contribution in [2.45, 2.75) is 19.8 Å². The highest BCUT2D eigenvalue weighted by atomic mass is 16.5. The summed E-state index contributed by atoms with van der Waals surface area (Å²) >= 11 is 0. The van der Waals surface area contributed by atoms with E-state index in [1.807, 2.05) is 25.1 Å². The zero-order valence-corrected chi connectivity index (χ0v) is 9.16. The molecular formula is C12H16N2O. The molecule has 3 heteroatoms. The number of amidine groups is 1. The van der Waals surface area contributed by atoms with Crippen molar-refractivity contribution in [2.75, 3.05) is 7.11 Å². The lowest BCUT2D eigenvalue weighted by molar-refractivity contribution is 0.416. The fraction of sp³-hybridized carbons (Fsp3) is 0.417. The van der Waals surface area contributed by atoms with Crippen LogP contribution in [0.3, 0.4) is 0 Å². The molecule has 15 heavy (non-hydrogen) atoms. The Hall–Kier alpha value is -1.51. The first-order valence-corrected chi connectivity index (χ1v) is 5.19. The van der Waals surface area contributed by atoms with E-state index in [0.29, 0.717) is 5.92 Å². The van der Waals surface area contributed by atoms with Gasteiger partial charge in [-0.2, -0.15) is 0 Å². The van der Waals surface area contributed by atoms with Crippen LogP contribution in [0.2, 0.25) is 0 Å². The van der Waals surface area contributed by atoms with Crippen molar-refractivity contribution in [2.24, 2.45) is 16.6 Å². The van der Waals surface area contributed by atoms with Gasteiger partial charge in [-0.3, -0.25) is 0 Å². The highest BCUT2D eigenvalue weighted by molar-refractivity contribution is 5.88. The second kappa shape index (κ2) is 3.93. The van der Waals surface area contributed by atoms with E-state index in [9.17, 15) is 0 Å². The van der Waals surface area contributed by atoms with Crippen LogP contribution in [0, 0.1) is 12.8 Å². The summed E-state index contributed by atoms with van der Waals surface area (Å²) in [6.07, 6.45) is 2.34. The summed E-state index contributed by atoms with van der Waals surface area (Å²) in [5.74, 6) is 2.01. The van der Waals surface area contributed by atoms with Gasteiger partial charge in [0.25, 0.3) is 0 Å². The predicted octanol–water partition coefficient (Wildman–Crippen LogP) is 2.40. The summed E-state index contributed by atoms with van der Waals surface area (Å²) < 4.78 is 5.24. The fourth-order valence-electron chi connectivity index (χ4n) is 1.50. The first kappa shape index (κ1) is 10.0. The van der Waals surface area contributed by atoms with Gasteiger partial charge in [0.15, 0.2) is 0 Å². The van der Waals surface area contributed by atoms with Crippen molar-refractivity contribution >= 4 is 11.5 Å². The normalized spacial score (nSPS) is 16.5. The molecular weight excluding hydrogens is 188 g/mol. The Bertz CT molecular complexity index is 395. The molecule has 0 aliphatic heterocycles. The molecule has 2 rings (SSSR count). The Balaban J connectivity index is 2.32. The molecule has 0 atom stereocenters. The van der Waals surface area contributed by atoms with E-state index in [1.54, 1.807) is 7.11 Å². The van der Waals surface area contributed by atoms with Gasteiger partial charge in [-0.1, -0.05) is 6.07 Å². The molecule has 80 valence electrons. The number of rotatable bonds is 3. The Morgan fingerprint density at radius 2 is 2.20 bits per heavy atom. The van der Waals surface area contributed by atoms with Gasteiger partial charge in [0.2, 0.25) is 0 Å². The lowest BCUT2D eigenvalue weighted by Crippen LogP contribution is -2.13. The number of ether oxygens (including phenoxy) is 1. The molecule has 0 unspecified atom stereocenters. The average Bonchev–Trinajstić information content (AvgIpc) is 3.01. The molecule has 0 radical (unpaired) electrons.